The molecule has 0 amide bonds. The summed E-state index contributed by atoms with van der Waals surface area (Å²) in [7, 11) is -3.81. The van der Waals surface area contributed by atoms with Gasteiger partial charge in [0.05, 0.1) is 21.6 Å². The molecule has 2 heterocycles. The van der Waals surface area contributed by atoms with Crippen LogP contribution in [0.25, 0.3) is 16.6 Å². The van der Waals surface area contributed by atoms with E-state index in [9.17, 15) is 22.0 Å². The third-order valence-electron chi connectivity index (χ3n) is 4.94. The van der Waals surface area contributed by atoms with Crippen LogP contribution in [0.2, 0.25) is 5.02 Å². The Morgan fingerprint density at radius 2 is 1.77 bits per heavy atom. The summed E-state index contributed by atoms with van der Waals surface area (Å²) in [6.07, 6.45) is 0.942. The second kappa shape index (κ2) is 9.07. The Morgan fingerprint density at radius 3 is 2.43 bits per heavy atom. The Balaban J connectivity index is 1.80. The highest BCUT2D eigenvalue weighted by molar-refractivity contribution is 7.91. The molecule has 2 aromatic heterocycles. The van der Waals surface area contributed by atoms with Crippen LogP contribution >= 0.6 is 11.6 Å². The van der Waals surface area contributed by atoms with Gasteiger partial charge in [0.2, 0.25) is 5.95 Å². The number of aromatic nitrogens is 4. The normalized spacial score (nSPS) is 11.7. The molecule has 10 nitrogen and oxygen atoms in total. The highest BCUT2D eigenvalue weighted by Gasteiger charge is 2.22. The van der Waals surface area contributed by atoms with Crippen molar-refractivity contribution in [1.29, 1.82) is 0 Å². The van der Waals surface area contributed by atoms with Gasteiger partial charge in [0.1, 0.15) is 23.3 Å². The molecule has 0 aliphatic carbocycles. The van der Waals surface area contributed by atoms with E-state index in [2.05, 4.69) is 20.3 Å². The number of nitrogens with one attached hydrogen (secondary N) is 1. The van der Waals surface area contributed by atoms with Crippen LogP contribution in [-0.2, 0) is 16.3 Å². The van der Waals surface area contributed by atoms with Crippen LogP contribution in [0.4, 0.5) is 26.4 Å². The zero-order chi connectivity index (χ0) is 25.5. The van der Waals surface area contributed by atoms with Crippen molar-refractivity contribution in [1.82, 2.24) is 19.5 Å². The summed E-state index contributed by atoms with van der Waals surface area (Å²) in [5, 5.41) is 3.01. The van der Waals surface area contributed by atoms with Gasteiger partial charge in [-0.15, -0.1) is 0 Å². The van der Waals surface area contributed by atoms with Crippen molar-refractivity contribution in [2.24, 2.45) is 0 Å². The number of nitrogens with zero attached hydrogens (tertiary/aromatic N) is 4. The molecule has 4 aromatic rings. The monoisotopic (exact) mass is 521 g/mol. The maximum Gasteiger partial charge on any atom is 0.267 e. The number of hydrogen-bond donors (Lipinski definition) is 3. The average molecular weight is 522 g/mol. The lowest BCUT2D eigenvalue weighted by Crippen LogP contribution is -2.26. The largest absolute Gasteiger partial charge is 0.382 e. The molecule has 2 aromatic carbocycles. The molecule has 4 rings (SSSR count). The number of anilines is 3. The summed E-state index contributed by atoms with van der Waals surface area (Å²) < 4.78 is 53.3. The Morgan fingerprint density at radius 1 is 1.09 bits per heavy atom. The summed E-state index contributed by atoms with van der Waals surface area (Å²) in [6.45, 7) is -0.00523. The summed E-state index contributed by atoms with van der Waals surface area (Å²) in [6, 6.07) is 7.33. The zero-order valence-corrected chi connectivity index (χ0v) is 19.7. The van der Waals surface area contributed by atoms with Crippen LogP contribution in [0, 0.1) is 11.6 Å². The van der Waals surface area contributed by atoms with Crippen molar-refractivity contribution < 1.29 is 17.2 Å². The molecule has 0 unspecified atom stereocenters. The second-order valence-electron chi connectivity index (χ2n) is 7.52. The molecule has 0 spiro atoms. The van der Waals surface area contributed by atoms with Gasteiger partial charge in [-0.05, 0) is 24.3 Å². The molecule has 14 heteroatoms. The van der Waals surface area contributed by atoms with E-state index in [1.165, 1.54) is 6.07 Å². The van der Waals surface area contributed by atoms with Gasteiger partial charge in [-0.2, -0.15) is 9.97 Å². The van der Waals surface area contributed by atoms with Crippen molar-refractivity contribution >= 4 is 49.9 Å². The molecular weight excluding hydrogens is 504 g/mol. The first kappa shape index (κ1) is 24.3. The first-order valence-corrected chi connectivity index (χ1v) is 12.3. The van der Waals surface area contributed by atoms with Crippen molar-refractivity contribution in [2.75, 3.05) is 29.6 Å². The van der Waals surface area contributed by atoms with Crippen LogP contribution in [0.5, 0.6) is 0 Å². The standard InChI is InChI=1S/C21H18ClF2N7O3S/c1-35(33,34)17-18(25)29-21(26)30-19(17)27-6-5-15-28-14-4-2-3-13(22)16(14)20(32)31(15)12-8-10(23)7-11(24)9-12/h2-4,7-9H,5-6H2,1H3,(H5,25,26,27,29,30). The number of nitrogen functional groups attached to an aromatic ring is 2. The van der Waals surface area contributed by atoms with Gasteiger partial charge < -0.3 is 16.8 Å². The number of rotatable bonds is 6. The van der Waals surface area contributed by atoms with E-state index < -0.39 is 27.0 Å². The van der Waals surface area contributed by atoms with Crippen LogP contribution in [-0.4, -0.2) is 40.7 Å². The molecule has 0 saturated heterocycles. The van der Waals surface area contributed by atoms with Crippen LogP contribution in [0.1, 0.15) is 5.82 Å². The van der Waals surface area contributed by atoms with Gasteiger partial charge >= 0.3 is 0 Å². The molecule has 5 N–H and O–H groups in total. The number of nitrogens with two attached hydrogens (primary N) is 2. The molecular formula is C21H18ClF2N7O3S. The molecule has 0 radical (unpaired) electrons. The van der Waals surface area contributed by atoms with Crippen molar-refractivity contribution in [3.05, 3.63) is 69.2 Å². The van der Waals surface area contributed by atoms with Gasteiger partial charge in [-0.3, -0.25) is 9.36 Å². The number of halogens is 3. The summed E-state index contributed by atoms with van der Waals surface area (Å²) in [4.78, 5) is 25.0. The van der Waals surface area contributed by atoms with Gasteiger partial charge in [-0.1, -0.05) is 17.7 Å². The number of sulfone groups is 1. The van der Waals surface area contributed by atoms with Crippen molar-refractivity contribution in [2.45, 2.75) is 11.3 Å². The van der Waals surface area contributed by atoms with E-state index in [1.807, 2.05) is 0 Å². The third-order valence-corrected chi connectivity index (χ3v) is 6.40. The van der Waals surface area contributed by atoms with E-state index in [1.54, 1.807) is 12.1 Å². The minimum Gasteiger partial charge on any atom is -0.382 e. The zero-order valence-electron chi connectivity index (χ0n) is 18.1. The highest BCUT2D eigenvalue weighted by Crippen LogP contribution is 2.26. The van der Waals surface area contributed by atoms with E-state index >= 15 is 0 Å². The summed E-state index contributed by atoms with van der Waals surface area (Å²) in [5.74, 6) is -2.36. The fourth-order valence-electron chi connectivity index (χ4n) is 3.60. The summed E-state index contributed by atoms with van der Waals surface area (Å²) in [5.41, 5.74) is 10.9. The Hall–Kier alpha value is -3.84. The van der Waals surface area contributed by atoms with Gasteiger partial charge in [-0.25, -0.2) is 22.2 Å². The fourth-order valence-corrected chi connectivity index (χ4v) is 4.75. The summed E-state index contributed by atoms with van der Waals surface area (Å²) >= 11 is 6.20. The van der Waals surface area contributed by atoms with Gasteiger partial charge in [0, 0.05) is 25.3 Å². The molecule has 182 valence electrons. The average Bonchev–Trinajstić information content (AvgIpc) is 2.71. The van der Waals surface area contributed by atoms with Gasteiger partial charge in [0.15, 0.2) is 20.6 Å². The van der Waals surface area contributed by atoms with Crippen LogP contribution in [0.15, 0.2) is 46.1 Å². The first-order valence-electron chi connectivity index (χ1n) is 9.99. The maximum atomic E-state index is 14.0. The van der Waals surface area contributed by atoms with E-state index in [4.69, 9.17) is 23.1 Å². The predicted molar refractivity (Wildman–Crippen MR) is 128 cm³/mol. The SMILES string of the molecule is CS(=O)(=O)c1c(N)nc(N)nc1NCCc1nc2cccc(Cl)c2c(=O)n1-c1cc(F)cc(F)c1. The lowest BCUT2D eigenvalue weighted by molar-refractivity contribution is 0.580. The highest BCUT2D eigenvalue weighted by atomic mass is 35.5. The molecule has 0 fully saturated rings. The smallest absolute Gasteiger partial charge is 0.267 e. The fraction of sp³-hybridized carbons (Fsp3) is 0.143. The number of hydrogen-bond acceptors (Lipinski definition) is 9. The lowest BCUT2D eigenvalue weighted by Gasteiger charge is -2.16. The first-order chi connectivity index (χ1) is 16.5. The quantitative estimate of drug-likeness (QED) is 0.346. The second-order valence-corrected chi connectivity index (χ2v) is 9.88. The van der Waals surface area contributed by atoms with Crippen molar-refractivity contribution in [3.63, 3.8) is 0 Å². The van der Waals surface area contributed by atoms with Gasteiger partial charge in [0.25, 0.3) is 5.56 Å². The third kappa shape index (κ3) is 4.86. The van der Waals surface area contributed by atoms with Crippen LogP contribution in [0.3, 0.4) is 0 Å². The molecule has 0 aliphatic rings. The molecule has 0 bridgehead atoms. The van der Waals surface area contributed by atoms with E-state index in [0.717, 1.165) is 23.0 Å². The predicted octanol–water partition coefficient (Wildman–Crippen LogP) is 2.33. The Kier molecular flexibility index (Phi) is 6.30. The number of benzene rings is 2. The molecule has 0 saturated carbocycles. The minimum absolute atomic E-state index is 0.00282. The topological polar surface area (TPSA) is 159 Å². The molecule has 35 heavy (non-hydrogen) atoms. The molecule has 0 aliphatic heterocycles. The molecule has 0 atom stereocenters. The Bertz CT molecular complexity index is 1620. The Labute approximate surface area is 202 Å². The van der Waals surface area contributed by atoms with Crippen molar-refractivity contribution in [3.8, 4) is 5.69 Å². The van der Waals surface area contributed by atoms with Crippen LogP contribution < -0.4 is 22.3 Å². The minimum atomic E-state index is -3.81. The maximum absolute atomic E-state index is 14.0. The van der Waals surface area contributed by atoms with E-state index in [0.29, 0.717) is 6.07 Å². The van der Waals surface area contributed by atoms with E-state index in [-0.39, 0.29) is 62.9 Å². The number of fused-ring (bicyclic) bond motifs is 1. The lowest BCUT2D eigenvalue weighted by atomic mass is 10.2.